The van der Waals surface area contributed by atoms with Crippen LogP contribution in [0, 0.1) is 0 Å². The zero-order chi connectivity index (χ0) is 13.5. The van der Waals surface area contributed by atoms with Crippen molar-refractivity contribution in [2.75, 3.05) is 17.7 Å². The van der Waals surface area contributed by atoms with Crippen molar-refractivity contribution in [2.45, 2.75) is 18.6 Å². The number of halogens is 2. The highest BCUT2D eigenvalue weighted by Gasteiger charge is 2.11. The van der Waals surface area contributed by atoms with Gasteiger partial charge in [0, 0.05) is 11.9 Å². The molecule has 0 aliphatic rings. The van der Waals surface area contributed by atoms with Crippen molar-refractivity contribution in [1.82, 2.24) is 0 Å². The summed E-state index contributed by atoms with van der Waals surface area (Å²) in [5.74, 6) is 0.155. The van der Waals surface area contributed by atoms with Gasteiger partial charge >= 0.3 is 0 Å². The normalized spacial score (nSPS) is 12.2. The molecule has 0 bridgehead atoms. The Kier molecular flexibility index (Phi) is 6.86. The Labute approximate surface area is 121 Å². The molecule has 1 unspecified atom stereocenters. The Morgan fingerprint density at radius 3 is 2.61 bits per heavy atom. The van der Waals surface area contributed by atoms with Gasteiger partial charge < -0.3 is 10.4 Å². The number of anilines is 1. The SMILES string of the molecule is CC(CCO)SCC(=O)Nc1c(Cl)cccc1Cl. The van der Waals surface area contributed by atoms with Crippen molar-refractivity contribution in [3.63, 3.8) is 0 Å². The second-order valence-corrected chi connectivity index (χ2v) is 6.02. The molecule has 3 nitrogen and oxygen atoms in total. The lowest BCUT2D eigenvalue weighted by Crippen LogP contribution is -2.16. The Morgan fingerprint density at radius 1 is 1.44 bits per heavy atom. The maximum atomic E-state index is 11.7. The molecule has 2 N–H and O–H groups in total. The van der Waals surface area contributed by atoms with E-state index < -0.39 is 0 Å². The second-order valence-electron chi connectivity index (χ2n) is 3.78. The van der Waals surface area contributed by atoms with Gasteiger partial charge in [-0.05, 0) is 18.6 Å². The van der Waals surface area contributed by atoms with Crippen molar-refractivity contribution in [3.05, 3.63) is 28.2 Å². The van der Waals surface area contributed by atoms with Crippen LogP contribution in [0.25, 0.3) is 0 Å². The molecule has 0 aliphatic heterocycles. The molecule has 0 spiro atoms. The first-order valence-electron chi connectivity index (χ1n) is 5.51. The summed E-state index contributed by atoms with van der Waals surface area (Å²) in [6, 6.07) is 5.06. The quantitative estimate of drug-likeness (QED) is 0.846. The molecule has 0 heterocycles. The molecule has 1 aromatic carbocycles. The van der Waals surface area contributed by atoms with E-state index in [1.165, 1.54) is 11.8 Å². The predicted octanol–water partition coefficient (Wildman–Crippen LogP) is 3.44. The smallest absolute Gasteiger partial charge is 0.234 e. The van der Waals surface area contributed by atoms with E-state index in [1.807, 2.05) is 6.92 Å². The first kappa shape index (κ1) is 15.6. The predicted molar refractivity (Wildman–Crippen MR) is 78.7 cm³/mol. The third kappa shape index (κ3) is 5.06. The highest BCUT2D eigenvalue weighted by atomic mass is 35.5. The standard InChI is InChI=1S/C12H15Cl2NO2S/c1-8(5-6-16)18-7-11(17)15-12-9(13)3-2-4-10(12)14/h2-4,8,16H,5-7H2,1H3,(H,15,17). The van der Waals surface area contributed by atoms with Crippen LogP contribution in [0.1, 0.15) is 13.3 Å². The summed E-state index contributed by atoms with van der Waals surface area (Å²) in [7, 11) is 0. The van der Waals surface area contributed by atoms with Crippen LogP contribution in [0.4, 0.5) is 5.69 Å². The number of carbonyl (C=O) groups excluding carboxylic acids is 1. The van der Waals surface area contributed by atoms with Gasteiger partial charge in [0.2, 0.25) is 5.91 Å². The summed E-state index contributed by atoms with van der Waals surface area (Å²) in [6.07, 6.45) is 0.671. The fourth-order valence-corrected chi connectivity index (χ4v) is 2.55. The maximum Gasteiger partial charge on any atom is 0.234 e. The van der Waals surface area contributed by atoms with Gasteiger partial charge in [0.15, 0.2) is 0 Å². The third-order valence-corrected chi connectivity index (χ3v) is 4.13. The van der Waals surface area contributed by atoms with Gasteiger partial charge in [0.25, 0.3) is 0 Å². The van der Waals surface area contributed by atoms with E-state index in [1.54, 1.807) is 18.2 Å². The van der Waals surface area contributed by atoms with E-state index in [-0.39, 0.29) is 17.8 Å². The van der Waals surface area contributed by atoms with Gasteiger partial charge in [0.1, 0.15) is 0 Å². The summed E-state index contributed by atoms with van der Waals surface area (Å²) in [5.41, 5.74) is 0.446. The van der Waals surface area contributed by atoms with Crippen molar-refractivity contribution >= 4 is 46.6 Å². The van der Waals surface area contributed by atoms with Gasteiger partial charge in [-0.1, -0.05) is 36.2 Å². The van der Waals surface area contributed by atoms with Crippen molar-refractivity contribution in [1.29, 1.82) is 0 Å². The van der Waals surface area contributed by atoms with E-state index in [9.17, 15) is 4.79 Å². The molecule has 0 saturated heterocycles. The summed E-state index contributed by atoms with van der Waals surface area (Å²) in [5, 5.41) is 12.5. The van der Waals surface area contributed by atoms with Crippen molar-refractivity contribution in [3.8, 4) is 0 Å². The average Bonchev–Trinajstić information content (AvgIpc) is 2.32. The molecule has 100 valence electrons. The van der Waals surface area contributed by atoms with E-state index in [0.29, 0.717) is 27.9 Å². The van der Waals surface area contributed by atoms with E-state index in [0.717, 1.165) is 0 Å². The van der Waals surface area contributed by atoms with Gasteiger partial charge in [-0.3, -0.25) is 4.79 Å². The Hall–Kier alpha value is -0.420. The highest BCUT2D eigenvalue weighted by molar-refractivity contribution is 8.00. The number of nitrogens with one attached hydrogen (secondary N) is 1. The number of hydrogen-bond acceptors (Lipinski definition) is 3. The minimum Gasteiger partial charge on any atom is -0.396 e. The number of para-hydroxylation sites is 1. The van der Waals surface area contributed by atoms with Gasteiger partial charge in [-0.15, -0.1) is 11.8 Å². The first-order valence-corrected chi connectivity index (χ1v) is 7.31. The summed E-state index contributed by atoms with van der Waals surface area (Å²) in [4.78, 5) is 11.7. The van der Waals surface area contributed by atoms with Gasteiger partial charge in [0.05, 0.1) is 21.5 Å². The zero-order valence-corrected chi connectivity index (χ0v) is 12.3. The number of carbonyl (C=O) groups is 1. The second kappa shape index (κ2) is 7.89. The molecule has 1 aromatic rings. The van der Waals surface area contributed by atoms with Crippen LogP contribution in [0.3, 0.4) is 0 Å². The monoisotopic (exact) mass is 307 g/mol. The largest absolute Gasteiger partial charge is 0.396 e. The lowest BCUT2D eigenvalue weighted by atomic mass is 10.3. The highest BCUT2D eigenvalue weighted by Crippen LogP contribution is 2.30. The molecule has 1 atom stereocenters. The van der Waals surface area contributed by atoms with Gasteiger partial charge in [-0.25, -0.2) is 0 Å². The minimum absolute atomic E-state index is 0.131. The van der Waals surface area contributed by atoms with Crippen LogP contribution in [0.2, 0.25) is 10.0 Å². The Balaban J connectivity index is 2.50. The summed E-state index contributed by atoms with van der Waals surface area (Å²) >= 11 is 13.4. The van der Waals surface area contributed by atoms with Crippen LogP contribution in [-0.4, -0.2) is 28.6 Å². The first-order chi connectivity index (χ1) is 8.54. The number of hydrogen-bond donors (Lipinski definition) is 2. The van der Waals surface area contributed by atoms with Crippen molar-refractivity contribution < 1.29 is 9.90 Å². The fourth-order valence-electron chi connectivity index (χ4n) is 1.28. The van der Waals surface area contributed by atoms with Crippen LogP contribution in [0.15, 0.2) is 18.2 Å². The molecule has 6 heteroatoms. The fraction of sp³-hybridized carbons (Fsp3) is 0.417. The number of thioether (sulfide) groups is 1. The molecule has 1 rings (SSSR count). The van der Waals surface area contributed by atoms with E-state index in [2.05, 4.69) is 5.32 Å². The molecule has 0 fully saturated rings. The average molecular weight is 308 g/mol. The van der Waals surface area contributed by atoms with Crippen LogP contribution in [0.5, 0.6) is 0 Å². The van der Waals surface area contributed by atoms with E-state index >= 15 is 0 Å². The molecule has 0 radical (unpaired) electrons. The summed E-state index contributed by atoms with van der Waals surface area (Å²) in [6.45, 7) is 2.10. The van der Waals surface area contributed by atoms with Crippen molar-refractivity contribution in [2.24, 2.45) is 0 Å². The number of rotatable bonds is 6. The van der Waals surface area contributed by atoms with Crippen LogP contribution >= 0.6 is 35.0 Å². The van der Waals surface area contributed by atoms with E-state index in [4.69, 9.17) is 28.3 Å². The lowest BCUT2D eigenvalue weighted by molar-refractivity contribution is -0.113. The molecule has 0 aromatic heterocycles. The minimum atomic E-state index is -0.153. The Morgan fingerprint density at radius 2 is 2.06 bits per heavy atom. The topological polar surface area (TPSA) is 49.3 Å². The molecule has 0 saturated carbocycles. The third-order valence-electron chi connectivity index (χ3n) is 2.26. The number of benzene rings is 1. The summed E-state index contributed by atoms with van der Waals surface area (Å²) < 4.78 is 0. The number of aliphatic hydroxyl groups excluding tert-OH is 1. The number of aliphatic hydroxyl groups is 1. The Bertz CT molecular complexity index is 395. The van der Waals surface area contributed by atoms with Crippen LogP contribution < -0.4 is 5.32 Å². The van der Waals surface area contributed by atoms with Crippen LogP contribution in [-0.2, 0) is 4.79 Å². The molecule has 1 amide bonds. The molecule has 18 heavy (non-hydrogen) atoms. The molecular formula is C12H15Cl2NO2S. The number of amides is 1. The zero-order valence-electron chi connectivity index (χ0n) is 9.95. The van der Waals surface area contributed by atoms with Gasteiger partial charge in [-0.2, -0.15) is 0 Å². The molecule has 0 aliphatic carbocycles. The lowest BCUT2D eigenvalue weighted by Gasteiger charge is -2.11. The maximum absolute atomic E-state index is 11.7. The molecular weight excluding hydrogens is 293 g/mol.